The molecule has 0 unspecified atom stereocenters. The highest BCUT2D eigenvalue weighted by atomic mass is 15.5. The van der Waals surface area contributed by atoms with E-state index < -0.39 is 0 Å². The molecule has 5 nitrogen and oxygen atoms in total. The van der Waals surface area contributed by atoms with E-state index in [0.717, 1.165) is 12.4 Å². The number of hydrogen-bond donors (Lipinski definition) is 2. The summed E-state index contributed by atoms with van der Waals surface area (Å²) in [7, 11) is 1.90. The molecule has 0 amide bonds. The van der Waals surface area contributed by atoms with E-state index in [1.165, 1.54) is 0 Å². The maximum Gasteiger partial charge on any atom is 0.181 e. The van der Waals surface area contributed by atoms with Crippen LogP contribution in [0.25, 0.3) is 0 Å². The monoisotopic (exact) mass is 155 g/mol. The molecule has 0 atom stereocenters. The SMILES string of the molecule is CNCC(C)(C)c1nn[nH]n1. The van der Waals surface area contributed by atoms with Gasteiger partial charge in [-0.25, -0.2) is 0 Å². The summed E-state index contributed by atoms with van der Waals surface area (Å²) in [5.41, 5.74) is -0.0538. The first kappa shape index (κ1) is 8.13. The molecule has 1 aromatic heterocycles. The van der Waals surface area contributed by atoms with E-state index in [1.807, 2.05) is 7.05 Å². The van der Waals surface area contributed by atoms with Crippen LogP contribution in [0.4, 0.5) is 0 Å². The number of nitrogens with zero attached hydrogens (tertiary/aromatic N) is 3. The molecule has 1 rings (SSSR count). The Hall–Kier alpha value is -0.970. The third-order valence-corrected chi connectivity index (χ3v) is 1.57. The van der Waals surface area contributed by atoms with Gasteiger partial charge in [0.15, 0.2) is 5.82 Å². The molecule has 0 aromatic carbocycles. The zero-order chi connectivity index (χ0) is 8.32. The molecule has 0 aliphatic rings. The van der Waals surface area contributed by atoms with Crippen molar-refractivity contribution in [2.45, 2.75) is 19.3 Å². The fraction of sp³-hybridized carbons (Fsp3) is 0.833. The lowest BCUT2D eigenvalue weighted by Crippen LogP contribution is -2.31. The van der Waals surface area contributed by atoms with Gasteiger partial charge in [-0.1, -0.05) is 19.1 Å². The van der Waals surface area contributed by atoms with Crippen LogP contribution >= 0.6 is 0 Å². The van der Waals surface area contributed by atoms with E-state index in [4.69, 9.17) is 0 Å². The predicted octanol–water partition coefficient (Wildman–Crippen LogP) is -0.303. The molecule has 0 saturated carbocycles. The number of aromatic amines is 1. The minimum absolute atomic E-state index is 0.0538. The summed E-state index contributed by atoms with van der Waals surface area (Å²) < 4.78 is 0. The molecule has 2 N–H and O–H groups in total. The van der Waals surface area contributed by atoms with Gasteiger partial charge in [0.05, 0.1) is 0 Å². The van der Waals surface area contributed by atoms with E-state index >= 15 is 0 Å². The van der Waals surface area contributed by atoms with Crippen molar-refractivity contribution < 1.29 is 0 Å². The Bertz CT molecular complexity index is 203. The molecule has 0 bridgehead atoms. The second-order valence-electron chi connectivity index (χ2n) is 3.15. The summed E-state index contributed by atoms with van der Waals surface area (Å²) >= 11 is 0. The molecule has 1 aromatic rings. The van der Waals surface area contributed by atoms with Crippen LogP contribution < -0.4 is 5.32 Å². The van der Waals surface area contributed by atoms with Crippen molar-refractivity contribution in [1.29, 1.82) is 0 Å². The molecule has 11 heavy (non-hydrogen) atoms. The topological polar surface area (TPSA) is 66.5 Å². The van der Waals surface area contributed by atoms with Crippen LogP contribution in [0.5, 0.6) is 0 Å². The van der Waals surface area contributed by atoms with Crippen molar-refractivity contribution in [3.8, 4) is 0 Å². The number of H-pyrrole nitrogens is 1. The number of hydrogen-bond acceptors (Lipinski definition) is 4. The van der Waals surface area contributed by atoms with Gasteiger partial charge in [0.1, 0.15) is 0 Å². The van der Waals surface area contributed by atoms with Gasteiger partial charge in [-0.3, -0.25) is 0 Å². The molecule has 1 heterocycles. The zero-order valence-corrected chi connectivity index (χ0v) is 7.05. The Morgan fingerprint density at radius 1 is 1.55 bits per heavy atom. The summed E-state index contributed by atoms with van der Waals surface area (Å²) in [5.74, 6) is 0.742. The van der Waals surface area contributed by atoms with Gasteiger partial charge in [0.25, 0.3) is 0 Å². The van der Waals surface area contributed by atoms with Crippen molar-refractivity contribution in [3.05, 3.63) is 5.82 Å². The molecule has 0 aliphatic carbocycles. The average molecular weight is 155 g/mol. The molecule has 62 valence electrons. The van der Waals surface area contributed by atoms with Crippen LogP contribution in [-0.4, -0.2) is 34.2 Å². The lowest BCUT2D eigenvalue weighted by molar-refractivity contribution is 0.465. The minimum Gasteiger partial charge on any atom is -0.319 e. The van der Waals surface area contributed by atoms with Crippen LogP contribution in [0.1, 0.15) is 19.7 Å². The largest absolute Gasteiger partial charge is 0.319 e. The van der Waals surface area contributed by atoms with Crippen LogP contribution in [-0.2, 0) is 5.41 Å². The smallest absolute Gasteiger partial charge is 0.181 e. The maximum absolute atomic E-state index is 3.92. The lowest BCUT2D eigenvalue weighted by Gasteiger charge is -2.18. The molecule has 0 aliphatic heterocycles. The Morgan fingerprint density at radius 2 is 2.27 bits per heavy atom. The molecule has 0 saturated heterocycles. The highest BCUT2D eigenvalue weighted by Crippen LogP contribution is 2.15. The Morgan fingerprint density at radius 3 is 2.73 bits per heavy atom. The van der Waals surface area contributed by atoms with Crippen LogP contribution in [0, 0.1) is 0 Å². The van der Waals surface area contributed by atoms with E-state index in [2.05, 4.69) is 39.8 Å². The van der Waals surface area contributed by atoms with Crippen molar-refractivity contribution in [1.82, 2.24) is 25.9 Å². The first-order chi connectivity index (χ1) is 5.17. The van der Waals surface area contributed by atoms with Gasteiger partial charge in [-0.05, 0) is 7.05 Å². The van der Waals surface area contributed by atoms with Gasteiger partial charge in [0.2, 0.25) is 0 Å². The summed E-state index contributed by atoms with van der Waals surface area (Å²) in [6.45, 7) is 4.97. The molecular weight excluding hydrogens is 142 g/mol. The van der Waals surface area contributed by atoms with Gasteiger partial charge in [0, 0.05) is 12.0 Å². The Labute approximate surface area is 65.6 Å². The van der Waals surface area contributed by atoms with Crippen molar-refractivity contribution in [3.63, 3.8) is 0 Å². The van der Waals surface area contributed by atoms with Crippen molar-refractivity contribution in [2.75, 3.05) is 13.6 Å². The minimum atomic E-state index is -0.0538. The quantitative estimate of drug-likeness (QED) is 0.628. The summed E-state index contributed by atoms with van der Waals surface area (Å²) in [5, 5.41) is 16.9. The second kappa shape index (κ2) is 2.96. The third-order valence-electron chi connectivity index (χ3n) is 1.57. The van der Waals surface area contributed by atoms with E-state index in [-0.39, 0.29) is 5.41 Å². The predicted molar refractivity (Wildman–Crippen MR) is 41.1 cm³/mol. The van der Waals surface area contributed by atoms with Gasteiger partial charge >= 0.3 is 0 Å². The average Bonchev–Trinajstić information content (AvgIpc) is 2.37. The summed E-state index contributed by atoms with van der Waals surface area (Å²) in [6, 6.07) is 0. The standard InChI is InChI=1S/C6H13N5/c1-6(2,4-7-3)5-8-10-11-9-5/h7H,4H2,1-3H3,(H,8,9,10,11). The van der Waals surface area contributed by atoms with E-state index in [1.54, 1.807) is 0 Å². The maximum atomic E-state index is 3.92. The fourth-order valence-electron chi connectivity index (χ4n) is 0.969. The van der Waals surface area contributed by atoms with Gasteiger partial charge in [-0.2, -0.15) is 5.21 Å². The van der Waals surface area contributed by atoms with Crippen LogP contribution in [0.3, 0.4) is 0 Å². The van der Waals surface area contributed by atoms with Crippen LogP contribution in [0.15, 0.2) is 0 Å². The first-order valence-electron chi connectivity index (χ1n) is 3.55. The number of nitrogens with one attached hydrogen (secondary N) is 2. The third kappa shape index (κ3) is 1.74. The Kier molecular flexibility index (Phi) is 2.19. The first-order valence-corrected chi connectivity index (χ1v) is 3.55. The lowest BCUT2D eigenvalue weighted by atomic mass is 9.93. The highest BCUT2D eigenvalue weighted by molar-refractivity contribution is 5.00. The zero-order valence-electron chi connectivity index (χ0n) is 7.05. The van der Waals surface area contributed by atoms with Gasteiger partial charge < -0.3 is 5.32 Å². The van der Waals surface area contributed by atoms with Crippen LogP contribution in [0.2, 0.25) is 0 Å². The molecule has 0 spiro atoms. The molecule has 0 radical (unpaired) electrons. The number of aromatic nitrogens is 4. The number of likely N-dealkylation sites (N-methyl/N-ethyl adjacent to an activating group) is 1. The normalized spacial score (nSPS) is 11.9. The number of tetrazole rings is 1. The molecule has 5 heteroatoms. The summed E-state index contributed by atoms with van der Waals surface area (Å²) in [6.07, 6.45) is 0. The highest BCUT2D eigenvalue weighted by Gasteiger charge is 2.23. The van der Waals surface area contributed by atoms with Crippen molar-refractivity contribution in [2.24, 2.45) is 0 Å². The van der Waals surface area contributed by atoms with Gasteiger partial charge in [-0.15, -0.1) is 10.2 Å². The van der Waals surface area contributed by atoms with E-state index in [9.17, 15) is 0 Å². The van der Waals surface area contributed by atoms with Crippen molar-refractivity contribution >= 4 is 0 Å². The Balaban J connectivity index is 2.73. The summed E-state index contributed by atoms with van der Waals surface area (Å²) in [4.78, 5) is 0. The molecule has 0 fully saturated rings. The number of rotatable bonds is 3. The molecular formula is C6H13N5. The fourth-order valence-corrected chi connectivity index (χ4v) is 0.969. The second-order valence-corrected chi connectivity index (χ2v) is 3.15. The van der Waals surface area contributed by atoms with E-state index in [0.29, 0.717) is 0 Å².